The van der Waals surface area contributed by atoms with Gasteiger partial charge in [0.15, 0.2) is 5.58 Å². The van der Waals surface area contributed by atoms with Gasteiger partial charge in [0.05, 0.1) is 11.0 Å². The van der Waals surface area contributed by atoms with Crippen LogP contribution in [-0.2, 0) is 0 Å². The first-order valence-electron chi connectivity index (χ1n) is 6.38. The van der Waals surface area contributed by atoms with E-state index in [1.165, 1.54) is 12.1 Å². The number of aromatic nitrogens is 2. The Bertz CT molecular complexity index is 769. The van der Waals surface area contributed by atoms with Gasteiger partial charge in [0.1, 0.15) is 10.5 Å². The number of nitrogens with one attached hydrogen (secondary N) is 1. The van der Waals surface area contributed by atoms with Crippen molar-refractivity contribution in [2.45, 2.75) is 19.4 Å². The van der Waals surface area contributed by atoms with E-state index in [4.69, 9.17) is 4.42 Å². The molecule has 3 aromatic rings. The Labute approximate surface area is 123 Å². The number of oxazole rings is 1. The molecule has 7 nitrogen and oxygen atoms in total. The molecular formula is C13H12N4O3S. The van der Waals surface area contributed by atoms with E-state index in [1.54, 1.807) is 23.6 Å². The van der Waals surface area contributed by atoms with Crippen molar-refractivity contribution >= 4 is 34.1 Å². The molecule has 1 unspecified atom stereocenters. The molecule has 0 spiro atoms. The Morgan fingerprint density at radius 3 is 3.05 bits per heavy atom. The molecule has 0 fully saturated rings. The summed E-state index contributed by atoms with van der Waals surface area (Å²) in [7, 11) is 0. The van der Waals surface area contributed by atoms with Crippen LogP contribution in [0.3, 0.4) is 0 Å². The number of non-ortho nitro benzene ring substituents is 1. The summed E-state index contributed by atoms with van der Waals surface area (Å²) in [5, 5.41) is 16.8. The van der Waals surface area contributed by atoms with Gasteiger partial charge in [-0.05, 0) is 12.5 Å². The minimum Gasteiger partial charge on any atom is -0.424 e. The van der Waals surface area contributed by atoms with Gasteiger partial charge >= 0.3 is 0 Å². The van der Waals surface area contributed by atoms with Gasteiger partial charge in [-0.3, -0.25) is 10.1 Å². The minimum absolute atomic E-state index is 0.00526. The van der Waals surface area contributed by atoms with Crippen molar-refractivity contribution in [2.24, 2.45) is 0 Å². The maximum absolute atomic E-state index is 10.8. The predicted molar refractivity (Wildman–Crippen MR) is 79.4 cm³/mol. The lowest BCUT2D eigenvalue weighted by Crippen LogP contribution is -2.09. The molecular weight excluding hydrogens is 292 g/mol. The third kappa shape index (κ3) is 2.70. The molecule has 0 saturated heterocycles. The molecule has 0 saturated carbocycles. The maximum atomic E-state index is 10.8. The van der Waals surface area contributed by atoms with E-state index < -0.39 is 4.92 Å². The summed E-state index contributed by atoms with van der Waals surface area (Å²) in [6.45, 7) is 2.03. The van der Waals surface area contributed by atoms with Gasteiger partial charge < -0.3 is 9.73 Å². The zero-order valence-corrected chi connectivity index (χ0v) is 12.0. The van der Waals surface area contributed by atoms with Crippen LogP contribution in [0.1, 0.15) is 24.4 Å². The van der Waals surface area contributed by atoms with Crippen molar-refractivity contribution in [3.63, 3.8) is 0 Å². The van der Waals surface area contributed by atoms with Gasteiger partial charge in [0.25, 0.3) is 11.7 Å². The molecule has 0 bridgehead atoms. The number of nitro groups is 1. The second kappa shape index (κ2) is 5.49. The van der Waals surface area contributed by atoms with Gasteiger partial charge in [-0.25, -0.2) is 4.98 Å². The Morgan fingerprint density at radius 1 is 1.52 bits per heavy atom. The number of nitrogens with zero attached hydrogens (tertiary/aromatic N) is 3. The summed E-state index contributed by atoms with van der Waals surface area (Å²) in [6, 6.07) is 4.69. The number of thiazole rings is 1. The second-order valence-electron chi connectivity index (χ2n) is 4.40. The number of rotatable bonds is 5. The molecule has 21 heavy (non-hydrogen) atoms. The van der Waals surface area contributed by atoms with E-state index in [2.05, 4.69) is 15.3 Å². The van der Waals surface area contributed by atoms with E-state index >= 15 is 0 Å². The van der Waals surface area contributed by atoms with Crippen LogP contribution in [0.4, 0.5) is 11.7 Å². The molecule has 1 N–H and O–H groups in total. The molecule has 1 aromatic carbocycles. The Morgan fingerprint density at radius 2 is 2.38 bits per heavy atom. The third-order valence-electron chi connectivity index (χ3n) is 3.04. The monoisotopic (exact) mass is 304 g/mol. The molecule has 0 aliphatic rings. The Kier molecular flexibility index (Phi) is 3.53. The van der Waals surface area contributed by atoms with E-state index in [0.29, 0.717) is 17.1 Å². The summed E-state index contributed by atoms with van der Waals surface area (Å²) >= 11 is 1.56. The summed E-state index contributed by atoms with van der Waals surface area (Å²) in [6.07, 6.45) is 2.58. The fourth-order valence-electron chi connectivity index (χ4n) is 1.99. The molecule has 2 aromatic heterocycles. The number of hydrogen-bond donors (Lipinski definition) is 1. The van der Waals surface area contributed by atoms with Crippen molar-refractivity contribution in [1.82, 2.24) is 9.97 Å². The normalized spacial score (nSPS) is 12.4. The highest BCUT2D eigenvalue weighted by molar-refractivity contribution is 7.09. The minimum atomic E-state index is -0.453. The SMILES string of the molecule is CCC(Nc1nc2cc([N+](=O)[O-])ccc2o1)c1nccs1. The van der Waals surface area contributed by atoms with Gasteiger partial charge in [0.2, 0.25) is 0 Å². The largest absolute Gasteiger partial charge is 0.424 e. The molecule has 0 aliphatic heterocycles. The van der Waals surface area contributed by atoms with Crippen molar-refractivity contribution < 1.29 is 9.34 Å². The average molecular weight is 304 g/mol. The first-order valence-corrected chi connectivity index (χ1v) is 7.26. The topological polar surface area (TPSA) is 94.1 Å². The van der Waals surface area contributed by atoms with Crippen molar-refractivity contribution in [1.29, 1.82) is 0 Å². The van der Waals surface area contributed by atoms with Crippen molar-refractivity contribution in [3.05, 3.63) is 44.9 Å². The van der Waals surface area contributed by atoms with Crippen LogP contribution in [0.2, 0.25) is 0 Å². The molecule has 2 heterocycles. The Balaban J connectivity index is 1.88. The van der Waals surface area contributed by atoms with Crippen molar-refractivity contribution in [3.8, 4) is 0 Å². The zero-order chi connectivity index (χ0) is 14.8. The molecule has 8 heteroatoms. The van der Waals surface area contributed by atoms with Crippen LogP contribution < -0.4 is 5.32 Å². The van der Waals surface area contributed by atoms with Crippen molar-refractivity contribution in [2.75, 3.05) is 5.32 Å². The summed E-state index contributed by atoms with van der Waals surface area (Å²) in [5.74, 6) is 0. The number of fused-ring (bicyclic) bond motifs is 1. The first kappa shape index (κ1) is 13.5. The predicted octanol–water partition coefficient (Wildman–Crippen LogP) is 3.76. The highest BCUT2D eigenvalue weighted by atomic mass is 32.1. The van der Waals surface area contributed by atoms with Gasteiger partial charge in [-0.1, -0.05) is 6.92 Å². The van der Waals surface area contributed by atoms with Crippen LogP contribution in [0.25, 0.3) is 11.1 Å². The lowest BCUT2D eigenvalue weighted by atomic mass is 10.2. The van der Waals surface area contributed by atoms with E-state index in [1.807, 2.05) is 12.3 Å². The second-order valence-corrected chi connectivity index (χ2v) is 5.33. The maximum Gasteiger partial charge on any atom is 0.296 e. The van der Waals surface area contributed by atoms with Crippen LogP contribution in [0.15, 0.2) is 34.2 Å². The van der Waals surface area contributed by atoms with Gasteiger partial charge in [-0.2, -0.15) is 4.98 Å². The lowest BCUT2D eigenvalue weighted by molar-refractivity contribution is -0.384. The number of nitro benzene ring substituents is 1. The summed E-state index contributed by atoms with van der Waals surface area (Å²) in [4.78, 5) is 18.8. The summed E-state index contributed by atoms with van der Waals surface area (Å²) in [5.41, 5.74) is 0.965. The third-order valence-corrected chi connectivity index (χ3v) is 3.93. The molecule has 108 valence electrons. The van der Waals surface area contributed by atoms with Gasteiger partial charge in [-0.15, -0.1) is 11.3 Å². The zero-order valence-electron chi connectivity index (χ0n) is 11.1. The fraction of sp³-hybridized carbons (Fsp3) is 0.231. The van der Waals surface area contributed by atoms with E-state index in [9.17, 15) is 10.1 Å². The van der Waals surface area contributed by atoms with Crippen LogP contribution in [-0.4, -0.2) is 14.9 Å². The van der Waals surface area contributed by atoms with E-state index in [0.717, 1.165) is 11.4 Å². The number of benzene rings is 1. The Hall–Kier alpha value is -2.48. The highest BCUT2D eigenvalue weighted by Crippen LogP contribution is 2.27. The standard InChI is InChI=1S/C13H12N4O3S/c1-2-9(12-14-5-6-21-12)15-13-16-10-7-8(17(18)19)3-4-11(10)20-13/h3-7,9H,2H2,1H3,(H,15,16). The average Bonchev–Trinajstić information content (AvgIpc) is 3.12. The quantitative estimate of drug-likeness (QED) is 0.569. The molecule has 3 rings (SSSR count). The van der Waals surface area contributed by atoms with Crippen LogP contribution in [0.5, 0.6) is 0 Å². The molecule has 1 atom stereocenters. The summed E-state index contributed by atoms with van der Waals surface area (Å²) < 4.78 is 5.57. The van der Waals surface area contributed by atoms with E-state index in [-0.39, 0.29) is 11.7 Å². The molecule has 0 aliphatic carbocycles. The number of hydrogen-bond acceptors (Lipinski definition) is 7. The van der Waals surface area contributed by atoms with Crippen LogP contribution >= 0.6 is 11.3 Å². The fourth-order valence-corrected chi connectivity index (χ4v) is 2.76. The van der Waals surface area contributed by atoms with Crippen LogP contribution in [0, 0.1) is 10.1 Å². The molecule has 0 radical (unpaired) electrons. The highest BCUT2D eigenvalue weighted by Gasteiger charge is 2.16. The smallest absolute Gasteiger partial charge is 0.296 e. The van der Waals surface area contributed by atoms with Gasteiger partial charge in [0, 0.05) is 23.7 Å². The number of anilines is 1. The first-order chi connectivity index (χ1) is 10.2. The lowest BCUT2D eigenvalue weighted by Gasteiger charge is -2.11. The molecule has 0 amide bonds.